The zero-order valence-electron chi connectivity index (χ0n) is 15.6. The van der Waals surface area contributed by atoms with Crippen molar-refractivity contribution >= 4 is 22.5 Å². The highest BCUT2D eigenvalue weighted by molar-refractivity contribution is 6.33. The molecule has 10 heteroatoms. The Kier molecular flexibility index (Phi) is 5.49. The van der Waals surface area contributed by atoms with Gasteiger partial charge in [-0.3, -0.25) is 4.79 Å². The minimum atomic E-state index is -2.25. The average Bonchev–Trinajstić information content (AvgIpc) is 2.75. The third-order valence-corrected chi connectivity index (χ3v) is 5.39. The Morgan fingerprint density at radius 3 is 2.63 bits per heavy atom. The maximum Gasteiger partial charge on any atom is 0.280 e. The molecule has 0 unspecified atom stereocenters. The van der Waals surface area contributed by atoms with E-state index in [1.807, 2.05) is 0 Å². The summed E-state index contributed by atoms with van der Waals surface area (Å²) < 4.78 is 6.26. The average molecular weight is 434 g/mol. The van der Waals surface area contributed by atoms with Crippen LogP contribution in [0.25, 0.3) is 22.3 Å². The Morgan fingerprint density at radius 1 is 1.17 bits per heavy atom. The fourth-order valence-corrected chi connectivity index (χ4v) is 3.56. The molecule has 1 fully saturated rings. The second-order valence-corrected chi connectivity index (χ2v) is 7.47. The van der Waals surface area contributed by atoms with Crippen LogP contribution in [0.1, 0.15) is 0 Å². The Hall–Kier alpha value is -2.53. The molecule has 30 heavy (non-hydrogen) atoms. The van der Waals surface area contributed by atoms with Crippen molar-refractivity contribution in [2.24, 2.45) is 0 Å². The largest absolute Gasteiger partial charge is 0.388 e. The molecule has 4 rings (SSSR count). The summed E-state index contributed by atoms with van der Waals surface area (Å²) in [5.74, 6) is -2.06. The fourth-order valence-electron chi connectivity index (χ4n) is 3.34. The number of aliphatic hydroxyl groups excluding tert-OH is 3. The molecule has 4 atom stereocenters. The van der Waals surface area contributed by atoms with E-state index in [1.54, 1.807) is 48.5 Å². The number of aromatic nitrogens is 2. The molecule has 0 amide bonds. The Bertz CT molecular complexity index is 1140. The second-order valence-electron chi connectivity index (χ2n) is 7.07. The minimum Gasteiger partial charge on any atom is -0.388 e. The van der Waals surface area contributed by atoms with E-state index in [-0.39, 0.29) is 5.82 Å². The van der Waals surface area contributed by atoms with Gasteiger partial charge in [0.2, 0.25) is 5.79 Å². The van der Waals surface area contributed by atoms with Crippen LogP contribution in [0.5, 0.6) is 0 Å². The van der Waals surface area contributed by atoms with Gasteiger partial charge in [0.1, 0.15) is 18.3 Å². The molecule has 1 aromatic heterocycles. The van der Waals surface area contributed by atoms with Crippen molar-refractivity contribution in [2.75, 3.05) is 18.6 Å². The van der Waals surface area contributed by atoms with Gasteiger partial charge in [0.15, 0.2) is 5.82 Å². The van der Waals surface area contributed by atoms with Crippen molar-refractivity contribution in [3.8, 4) is 11.4 Å². The highest BCUT2D eigenvalue weighted by Crippen LogP contribution is 2.27. The van der Waals surface area contributed by atoms with E-state index in [4.69, 9.17) is 16.3 Å². The fraction of sp³-hybridized carbons (Fsp3) is 0.300. The van der Waals surface area contributed by atoms with E-state index in [2.05, 4.69) is 10.4 Å². The van der Waals surface area contributed by atoms with E-state index in [0.29, 0.717) is 21.5 Å². The zero-order valence-corrected chi connectivity index (χ0v) is 16.4. The van der Waals surface area contributed by atoms with Gasteiger partial charge < -0.3 is 30.6 Å². The number of benzene rings is 2. The number of fused-ring (bicyclic) bond motifs is 1. The van der Waals surface area contributed by atoms with E-state index in [0.717, 1.165) is 4.68 Å². The highest BCUT2D eigenvalue weighted by Gasteiger charge is 2.48. The normalized spacial score (nSPS) is 26.6. The minimum absolute atomic E-state index is 0.193. The SMILES string of the molecule is O=c1c2ccccc2nc(-c2ccccc2Cl)n1NC[C@]1(O)OC[C@@H](O)[C@@H](O)[C@@H]1O. The molecule has 158 valence electrons. The lowest BCUT2D eigenvalue weighted by Gasteiger charge is -2.41. The molecule has 1 saturated heterocycles. The molecule has 0 aliphatic carbocycles. The zero-order chi connectivity index (χ0) is 21.5. The maximum atomic E-state index is 13.2. The van der Waals surface area contributed by atoms with E-state index < -0.39 is 42.8 Å². The first-order chi connectivity index (χ1) is 14.3. The lowest BCUT2D eigenvalue weighted by Crippen LogP contribution is -2.64. The molecule has 5 N–H and O–H groups in total. The second kappa shape index (κ2) is 7.95. The summed E-state index contributed by atoms with van der Waals surface area (Å²) in [6.07, 6.45) is -4.76. The van der Waals surface area contributed by atoms with Crippen LogP contribution >= 0.6 is 11.6 Å². The number of rotatable bonds is 4. The van der Waals surface area contributed by atoms with Gasteiger partial charge in [-0.1, -0.05) is 35.9 Å². The topological polar surface area (TPSA) is 137 Å². The van der Waals surface area contributed by atoms with Gasteiger partial charge in [0.25, 0.3) is 5.56 Å². The van der Waals surface area contributed by atoms with Gasteiger partial charge in [-0.2, -0.15) is 0 Å². The van der Waals surface area contributed by atoms with Gasteiger partial charge in [-0.15, -0.1) is 0 Å². The third-order valence-electron chi connectivity index (χ3n) is 5.06. The first-order valence-electron chi connectivity index (χ1n) is 9.23. The monoisotopic (exact) mass is 433 g/mol. The number of halogens is 1. The van der Waals surface area contributed by atoms with Crippen LogP contribution < -0.4 is 11.0 Å². The van der Waals surface area contributed by atoms with Crippen LogP contribution in [-0.4, -0.2) is 67.3 Å². The summed E-state index contributed by atoms with van der Waals surface area (Å²) in [5, 5.41) is 41.0. The number of nitrogens with zero attached hydrogens (tertiary/aromatic N) is 2. The molecule has 0 saturated carbocycles. The van der Waals surface area contributed by atoms with Crippen LogP contribution in [0.15, 0.2) is 53.3 Å². The maximum absolute atomic E-state index is 13.2. The summed E-state index contributed by atoms with van der Waals surface area (Å²) in [4.78, 5) is 17.7. The van der Waals surface area contributed by atoms with Gasteiger partial charge in [-0.25, -0.2) is 9.66 Å². The number of hydrogen-bond donors (Lipinski definition) is 5. The molecule has 1 aliphatic heterocycles. The summed E-state index contributed by atoms with van der Waals surface area (Å²) in [6.45, 7) is -0.867. The Morgan fingerprint density at radius 2 is 1.87 bits per heavy atom. The van der Waals surface area contributed by atoms with Crippen LogP contribution in [0, 0.1) is 0 Å². The summed E-state index contributed by atoms with van der Waals surface area (Å²) >= 11 is 6.31. The molecule has 9 nitrogen and oxygen atoms in total. The van der Waals surface area contributed by atoms with E-state index in [1.165, 1.54) is 0 Å². The van der Waals surface area contributed by atoms with Crippen molar-refractivity contribution in [2.45, 2.75) is 24.1 Å². The molecule has 1 aliphatic rings. The molecule has 2 heterocycles. The number of aliphatic hydroxyl groups is 4. The standard InChI is InChI=1S/C20H20ClN3O6/c21-13-7-3-1-5-11(13)18-23-14-8-4-2-6-12(14)19(28)24(18)22-10-20(29)17(27)16(26)15(25)9-30-20/h1-8,15-17,22,25-27,29H,9-10H2/t15-,16-,17+,20+/m1/s1. The number of hydrogen-bond acceptors (Lipinski definition) is 8. The third kappa shape index (κ3) is 3.56. The Balaban J connectivity index is 1.78. The molecular formula is C20H20ClN3O6. The van der Waals surface area contributed by atoms with Gasteiger partial charge in [0, 0.05) is 5.56 Å². The van der Waals surface area contributed by atoms with Gasteiger partial charge in [0.05, 0.1) is 29.1 Å². The molecular weight excluding hydrogens is 414 g/mol. The van der Waals surface area contributed by atoms with Crippen LogP contribution in [-0.2, 0) is 4.74 Å². The van der Waals surface area contributed by atoms with Crippen molar-refractivity contribution < 1.29 is 25.2 Å². The highest BCUT2D eigenvalue weighted by atomic mass is 35.5. The smallest absolute Gasteiger partial charge is 0.280 e. The predicted octanol–water partition coefficient (Wildman–Crippen LogP) is 0.0619. The van der Waals surface area contributed by atoms with Crippen molar-refractivity contribution in [3.63, 3.8) is 0 Å². The summed E-state index contributed by atoms with van der Waals surface area (Å²) in [7, 11) is 0. The summed E-state index contributed by atoms with van der Waals surface area (Å²) in [5.41, 5.74) is 3.21. The van der Waals surface area contributed by atoms with Crippen LogP contribution in [0.4, 0.5) is 0 Å². The van der Waals surface area contributed by atoms with Crippen LogP contribution in [0.2, 0.25) is 5.02 Å². The number of nitrogens with one attached hydrogen (secondary N) is 1. The van der Waals surface area contributed by atoms with E-state index in [9.17, 15) is 25.2 Å². The van der Waals surface area contributed by atoms with Crippen molar-refractivity contribution in [3.05, 3.63) is 63.9 Å². The quantitative estimate of drug-likeness (QED) is 0.389. The van der Waals surface area contributed by atoms with Gasteiger partial charge in [-0.05, 0) is 24.3 Å². The summed E-state index contributed by atoms with van der Waals surface area (Å²) in [6, 6.07) is 13.6. The molecule has 3 aromatic rings. The molecule has 0 radical (unpaired) electrons. The van der Waals surface area contributed by atoms with Crippen molar-refractivity contribution in [1.82, 2.24) is 9.66 Å². The predicted molar refractivity (Wildman–Crippen MR) is 110 cm³/mol. The Labute approximate surface area is 175 Å². The van der Waals surface area contributed by atoms with E-state index >= 15 is 0 Å². The lowest BCUT2D eigenvalue weighted by atomic mass is 9.97. The first-order valence-corrected chi connectivity index (χ1v) is 9.61. The molecule has 0 spiro atoms. The molecule has 0 bridgehead atoms. The van der Waals surface area contributed by atoms with Crippen LogP contribution in [0.3, 0.4) is 0 Å². The number of para-hydroxylation sites is 1. The van der Waals surface area contributed by atoms with Gasteiger partial charge >= 0.3 is 0 Å². The number of ether oxygens (including phenoxy) is 1. The lowest BCUT2D eigenvalue weighted by molar-refractivity contribution is -0.314. The molecule has 2 aromatic carbocycles. The first kappa shape index (κ1) is 20.7. The van der Waals surface area contributed by atoms with Crippen molar-refractivity contribution in [1.29, 1.82) is 0 Å².